The van der Waals surface area contributed by atoms with Gasteiger partial charge in [0.05, 0.1) is 5.75 Å². The molecule has 3 N–H and O–H groups in total. The monoisotopic (exact) mass is 281 g/mol. The van der Waals surface area contributed by atoms with Gasteiger partial charge in [0, 0.05) is 6.42 Å². The number of sulfonamides is 1. The molecule has 7 nitrogen and oxygen atoms in total. The molecule has 1 atom stereocenters. The van der Waals surface area contributed by atoms with Gasteiger partial charge in [-0.05, 0) is 18.8 Å². The summed E-state index contributed by atoms with van der Waals surface area (Å²) in [6, 6.07) is -1.39. The van der Waals surface area contributed by atoms with Crippen LogP contribution in [0.15, 0.2) is 0 Å². The van der Waals surface area contributed by atoms with Crippen LogP contribution in [0.1, 0.15) is 33.1 Å². The largest absolute Gasteiger partial charge is 0.481 e. The van der Waals surface area contributed by atoms with Gasteiger partial charge in [0.15, 0.2) is 0 Å². The van der Waals surface area contributed by atoms with E-state index in [-0.39, 0.29) is 18.1 Å². The molecule has 0 aromatic rings. The van der Waals surface area contributed by atoms with Crippen LogP contribution in [0.25, 0.3) is 0 Å². The molecule has 0 radical (unpaired) electrons. The average Bonchev–Trinajstić information content (AvgIpc) is 2.21. The Morgan fingerprint density at radius 2 is 1.72 bits per heavy atom. The number of hydrogen-bond donors (Lipinski definition) is 3. The number of aliphatic carboxylic acids is 2. The van der Waals surface area contributed by atoms with E-state index in [9.17, 15) is 18.0 Å². The molecule has 18 heavy (non-hydrogen) atoms. The van der Waals surface area contributed by atoms with Crippen LogP contribution in [0.3, 0.4) is 0 Å². The van der Waals surface area contributed by atoms with Crippen molar-refractivity contribution in [2.45, 2.75) is 39.2 Å². The molecule has 0 amide bonds. The van der Waals surface area contributed by atoms with Crippen molar-refractivity contribution < 1.29 is 28.2 Å². The highest BCUT2D eigenvalue weighted by Crippen LogP contribution is 2.05. The maximum atomic E-state index is 11.6. The van der Waals surface area contributed by atoms with E-state index in [0.29, 0.717) is 6.42 Å². The number of rotatable bonds is 9. The highest BCUT2D eigenvalue weighted by atomic mass is 32.2. The predicted octanol–water partition coefficient (Wildman–Crippen LogP) is 0.270. The lowest BCUT2D eigenvalue weighted by Crippen LogP contribution is -2.42. The van der Waals surface area contributed by atoms with Crippen LogP contribution in [0.4, 0.5) is 0 Å². The van der Waals surface area contributed by atoms with E-state index in [4.69, 9.17) is 10.2 Å². The second-order valence-corrected chi connectivity index (χ2v) is 6.32. The van der Waals surface area contributed by atoms with Crippen LogP contribution in [0.2, 0.25) is 0 Å². The smallest absolute Gasteiger partial charge is 0.321 e. The molecule has 0 aliphatic heterocycles. The molecule has 0 saturated heterocycles. The van der Waals surface area contributed by atoms with Gasteiger partial charge in [0.1, 0.15) is 6.04 Å². The van der Waals surface area contributed by atoms with E-state index in [1.54, 1.807) is 0 Å². The highest BCUT2D eigenvalue weighted by molar-refractivity contribution is 7.89. The standard InChI is InChI=1S/C10H19NO6S/c1-7(2)5-6-18(16,17)11-8(10(14)15)3-4-9(12)13/h7-8,11H,3-6H2,1-2H3,(H,12,13)(H,14,15)/t8-/m0/s1. The second kappa shape index (κ2) is 7.32. The molecular weight excluding hydrogens is 262 g/mol. The minimum atomic E-state index is -3.69. The fourth-order valence-corrected chi connectivity index (χ4v) is 2.72. The van der Waals surface area contributed by atoms with Crippen molar-refractivity contribution in [3.8, 4) is 0 Å². The normalized spacial score (nSPS) is 13.5. The Hall–Kier alpha value is -1.15. The summed E-state index contributed by atoms with van der Waals surface area (Å²) >= 11 is 0. The van der Waals surface area contributed by atoms with Crippen molar-refractivity contribution in [3.05, 3.63) is 0 Å². The van der Waals surface area contributed by atoms with Gasteiger partial charge in [0.2, 0.25) is 10.0 Å². The molecule has 0 aliphatic carbocycles. The van der Waals surface area contributed by atoms with Gasteiger partial charge in [-0.2, -0.15) is 0 Å². The number of carboxylic acid groups (broad SMARTS) is 2. The van der Waals surface area contributed by atoms with Gasteiger partial charge in [0.25, 0.3) is 0 Å². The van der Waals surface area contributed by atoms with Crippen LogP contribution >= 0.6 is 0 Å². The van der Waals surface area contributed by atoms with Gasteiger partial charge in [-0.3, -0.25) is 9.59 Å². The topological polar surface area (TPSA) is 121 Å². The third kappa shape index (κ3) is 8.02. The Kier molecular flexibility index (Phi) is 6.85. The fraction of sp³-hybridized carbons (Fsp3) is 0.800. The molecule has 0 bridgehead atoms. The summed E-state index contributed by atoms with van der Waals surface area (Å²) in [5.41, 5.74) is 0. The molecule has 0 aromatic heterocycles. The summed E-state index contributed by atoms with van der Waals surface area (Å²) in [7, 11) is -3.69. The number of carboxylic acids is 2. The minimum absolute atomic E-state index is 0.165. The molecule has 0 aromatic carbocycles. The van der Waals surface area contributed by atoms with Gasteiger partial charge >= 0.3 is 11.9 Å². The zero-order valence-corrected chi connectivity index (χ0v) is 11.2. The van der Waals surface area contributed by atoms with Gasteiger partial charge < -0.3 is 10.2 Å². The van der Waals surface area contributed by atoms with Crippen molar-refractivity contribution in [1.82, 2.24) is 4.72 Å². The third-order valence-electron chi connectivity index (χ3n) is 2.23. The van der Waals surface area contributed by atoms with Gasteiger partial charge in [-0.15, -0.1) is 0 Å². The Morgan fingerprint density at radius 3 is 2.11 bits per heavy atom. The summed E-state index contributed by atoms with van der Waals surface area (Å²) in [6.07, 6.45) is -0.254. The first-order valence-electron chi connectivity index (χ1n) is 5.58. The van der Waals surface area contributed by atoms with Crippen molar-refractivity contribution >= 4 is 22.0 Å². The minimum Gasteiger partial charge on any atom is -0.481 e. The van der Waals surface area contributed by atoms with Gasteiger partial charge in [-0.1, -0.05) is 13.8 Å². The first kappa shape index (κ1) is 16.9. The van der Waals surface area contributed by atoms with Crippen LogP contribution in [-0.4, -0.2) is 42.4 Å². The Balaban J connectivity index is 4.47. The molecule has 0 spiro atoms. The predicted molar refractivity (Wildman–Crippen MR) is 64.7 cm³/mol. The quantitative estimate of drug-likeness (QED) is 0.558. The summed E-state index contributed by atoms with van der Waals surface area (Å²) in [5.74, 6) is -2.52. The average molecular weight is 281 g/mol. The molecule has 8 heteroatoms. The van der Waals surface area contributed by atoms with Crippen LogP contribution in [-0.2, 0) is 19.6 Å². The Morgan fingerprint density at radius 1 is 1.17 bits per heavy atom. The summed E-state index contributed by atoms with van der Waals surface area (Å²) in [4.78, 5) is 21.1. The van der Waals surface area contributed by atoms with E-state index in [1.165, 1.54) is 0 Å². The second-order valence-electron chi connectivity index (χ2n) is 4.44. The zero-order chi connectivity index (χ0) is 14.3. The first-order chi connectivity index (χ1) is 8.14. The summed E-state index contributed by atoms with van der Waals surface area (Å²) < 4.78 is 25.2. The van der Waals surface area contributed by atoms with Crippen LogP contribution < -0.4 is 4.72 Å². The lowest BCUT2D eigenvalue weighted by atomic mass is 10.2. The lowest BCUT2D eigenvalue weighted by molar-refractivity contribution is -0.140. The van der Waals surface area contributed by atoms with E-state index in [0.717, 1.165) is 0 Å². The maximum Gasteiger partial charge on any atom is 0.321 e. The van der Waals surface area contributed by atoms with Gasteiger partial charge in [-0.25, -0.2) is 13.1 Å². The number of nitrogens with one attached hydrogen (secondary N) is 1. The maximum absolute atomic E-state index is 11.6. The van der Waals surface area contributed by atoms with Crippen molar-refractivity contribution in [2.24, 2.45) is 5.92 Å². The molecular formula is C10H19NO6S. The summed E-state index contributed by atoms with van der Waals surface area (Å²) in [6.45, 7) is 3.71. The third-order valence-corrected chi connectivity index (χ3v) is 3.65. The summed E-state index contributed by atoms with van der Waals surface area (Å²) in [5, 5.41) is 17.3. The molecule has 0 heterocycles. The van der Waals surface area contributed by atoms with Crippen molar-refractivity contribution in [2.75, 3.05) is 5.75 Å². The Bertz CT molecular complexity index is 389. The van der Waals surface area contributed by atoms with E-state index in [1.807, 2.05) is 18.6 Å². The number of carbonyl (C=O) groups is 2. The van der Waals surface area contributed by atoms with E-state index < -0.39 is 34.4 Å². The molecule has 0 rings (SSSR count). The molecule has 0 saturated carbocycles. The van der Waals surface area contributed by atoms with E-state index >= 15 is 0 Å². The highest BCUT2D eigenvalue weighted by Gasteiger charge is 2.24. The van der Waals surface area contributed by atoms with Crippen LogP contribution in [0, 0.1) is 5.92 Å². The van der Waals surface area contributed by atoms with Crippen LogP contribution in [0.5, 0.6) is 0 Å². The lowest BCUT2D eigenvalue weighted by Gasteiger charge is -2.14. The fourth-order valence-electron chi connectivity index (χ4n) is 1.17. The molecule has 106 valence electrons. The first-order valence-corrected chi connectivity index (χ1v) is 7.24. The van der Waals surface area contributed by atoms with Crippen molar-refractivity contribution in [3.63, 3.8) is 0 Å². The Labute approximate surface area is 106 Å². The SMILES string of the molecule is CC(C)CCS(=O)(=O)N[C@@H](CCC(=O)O)C(=O)O. The molecule has 0 aliphatic rings. The zero-order valence-electron chi connectivity index (χ0n) is 10.4. The van der Waals surface area contributed by atoms with Crippen molar-refractivity contribution in [1.29, 1.82) is 0 Å². The number of hydrogen-bond acceptors (Lipinski definition) is 4. The molecule has 0 fully saturated rings. The molecule has 0 unspecified atom stereocenters. The van der Waals surface area contributed by atoms with E-state index in [2.05, 4.69) is 0 Å².